The van der Waals surface area contributed by atoms with Gasteiger partial charge < -0.3 is 16.0 Å². The van der Waals surface area contributed by atoms with Crippen LogP contribution in [0.25, 0.3) is 10.8 Å². The second-order valence-electron chi connectivity index (χ2n) is 6.98. The molecule has 8 nitrogen and oxygen atoms in total. The highest BCUT2D eigenvalue weighted by molar-refractivity contribution is 5.92. The monoisotopic (exact) mass is 375 g/mol. The van der Waals surface area contributed by atoms with Crippen molar-refractivity contribution < 1.29 is 4.79 Å². The maximum atomic E-state index is 12.0. The van der Waals surface area contributed by atoms with Crippen LogP contribution >= 0.6 is 0 Å². The van der Waals surface area contributed by atoms with Crippen LogP contribution in [0.1, 0.15) is 24.2 Å². The molecule has 0 bridgehead atoms. The van der Waals surface area contributed by atoms with E-state index in [0.717, 1.165) is 28.6 Å². The maximum absolute atomic E-state index is 12.0. The summed E-state index contributed by atoms with van der Waals surface area (Å²) in [5.74, 6) is 4.29. The molecule has 0 radical (unpaired) electrons. The third-order valence-corrected chi connectivity index (χ3v) is 4.99. The van der Waals surface area contributed by atoms with E-state index in [-0.39, 0.29) is 18.4 Å². The van der Waals surface area contributed by atoms with Gasteiger partial charge in [0.1, 0.15) is 18.2 Å². The van der Waals surface area contributed by atoms with E-state index >= 15 is 0 Å². The largest absolute Gasteiger partial charge is 0.383 e. The lowest BCUT2D eigenvalue weighted by atomic mass is 10.1. The fourth-order valence-electron chi connectivity index (χ4n) is 3.21. The fourth-order valence-corrected chi connectivity index (χ4v) is 3.21. The van der Waals surface area contributed by atoms with Gasteiger partial charge in [-0.1, -0.05) is 5.92 Å². The zero-order valence-corrected chi connectivity index (χ0v) is 15.8. The Hall–Kier alpha value is -3.60. The van der Waals surface area contributed by atoms with Gasteiger partial charge in [0.2, 0.25) is 5.91 Å². The summed E-state index contributed by atoms with van der Waals surface area (Å²) >= 11 is 0. The predicted octanol–water partition coefficient (Wildman–Crippen LogP) is 1.90. The molecular weight excluding hydrogens is 354 g/mol. The van der Waals surface area contributed by atoms with E-state index in [4.69, 9.17) is 12.2 Å². The van der Waals surface area contributed by atoms with Gasteiger partial charge >= 0.3 is 0 Å². The van der Waals surface area contributed by atoms with Crippen LogP contribution in [0.5, 0.6) is 0 Å². The molecule has 142 valence electrons. The number of likely N-dealkylation sites (N-methyl/N-ethyl adjacent to an activating group) is 1. The molecule has 0 aliphatic carbocycles. The van der Waals surface area contributed by atoms with Gasteiger partial charge in [0.25, 0.3) is 0 Å². The quantitative estimate of drug-likeness (QED) is 0.678. The highest BCUT2D eigenvalue weighted by Gasteiger charge is 2.19. The summed E-state index contributed by atoms with van der Waals surface area (Å²) in [6.07, 6.45) is 7.96. The number of hydrogen-bond donors (Lipinski definition) is 2. The highest BCUT2D eigenvalue weighted by Crippen LogP contribution is 2.26. The Morgan fingerprint density at radius 1 is 1.32 bits per heavy atom. The predicted molar refractivity (Wildman–Crippen MR) is 108 cm³/mol. The summed E-state index contributed by atoms with van der Waals surface area (Å²) in [4.78, 5) is 22.5. The average Bonchev–Trinajstić information content (AvgIpc) is 3.00. The van der Waals surface area contributed by atoms with Gasteiger partial charge in [0, 0.05) is 43.4 Å². The second-order valence-corrected chi connectivity index (χ2v) is 6.98. The van der Waals surface area contributed by atoms with Gasteiger partial charge in [-0.3, -0.25) is 9.48 Å². The van der Waals surface area contributed by atoms with Crippen LogP contribution in [0.3, 0.4) is 0 Å². The van der Waals surface area contributed by atoms with Gasteiger partial charge in [0.15, 0.2) is 5.82 Å². The summed E-state index contributed by atoms with van der Waals surface area (Å²) in [6.45, 7) is 2.83. The van der Waals surface area contributed by atoms with Gasteiger partial charge in [-0.05, 0) is 24.4 Å². The average molecular weight is 375 g/mol. The summed E-state index contributed by atoms with van der Waals surface area (Å²) in [5.41, 5.74) is 7.83. The minimum absolute atomic E-state index is 0.0513. The Labute approximate surface area is 162 Å². The highest BCUT2D eigenvalue weighted by atomic mass is 16.2. The second kappa shape index (κ2) is 6.85. The molecule has 0 saturated carbocycles. The summed E-state index contributed by atoms with van der Waals surface area (Å²) < 4.78 is 1.74. The minimum atomic E-state index is -0.129. The molecular formula is C20H21N7O. The fraction of sp³-hybridized carbons (Fsp3) is 0.300. The molecule has 1 amide bonds. The van der Waals surface area contributed by atoms with E-state index in [1.165, 1.54) is 0 Å². The number of amides is 1. The van der Waals surface area contributed by atoms with E-state index in [0.29, 0.717) is 24.0 Å². The number of carbonyl (C=O) groups is 1. The molecule has 3 N–H and O–H groups in total. The number of pyridine rings is 2. The number of fused-ring (bicyclic) bond motifs is 2. The normalized spacial score (nSPS) is 15.0. The van der Waals surface area contributed by atoms with Crippen molar-refractivity contribution in [3.8, 4) is 12.3 Å². The SMILES string of the molecule is C#C[C@H](C)c1cc2cc(Nc3cc4n(n3)CC(=O)N(C)CC4)ncc2c(N)n1. The molecule has 4 rings (SSSR count). The van der Waals surface area contributed by atoms with Crippen molar-refractivity contribution >= 4 is 34.1 Å². The number of hydrogen-bond acceptors (Lipinski definition) is 6. The lowest BCUT2D eigenvalue weighted by Gasteiger charge is -2.12. The number of rotatable bonds is 3. The first-order chi connectivity index (χ1) is 13.4. The molecule has 0 saturated heterocycles. The third kappa shape index (κ3) is 3.22. The molecule has 28 heavy (non-hydrogen) atoms. The molecule has 1 aliphatic heterocycles. The van der Waals surface area contributed by atoms with E-state index < -0.39 is 0 Å². The van der Waals surface area contributed by atoms with E-state index in [2.05, 4.69) is 26.3 Å². The smallest absolute Gasteiger partial charge is 0.244 e. The Morgan fingerprint density at radius 2 is 2.14 bits per heavy atom. The molecule has 0 aromatic carbocycles. The topological polar surface area (TPSA) is 102 Å². The number of nitrogens with zero attached hydrogens (tertiary/aromatic N) is 5. The number of carbonyl (C=O) groups excluding carboxylic acids is 1. The van der Waals surface area contributed by atoms with Crippen LogP contribution in [0.2, 0.25) is 0 Å². The first kappa shape index (κ1) is 17.8. The van der Waals surface area contributed by atoms with Gasteiger partial charge in [-0.15, -0.1) is 6.42 Å². The van der Waals surface area contributed by atoms with Crippen LogP contribution in [-0.4, -0.2) is 44.1 Å². The van der Waals surface area contributed by atoms with Crippen molar-refractivity contribution in [1.29, 1.82) is 0 Å². The van der Waals surface area contributed by atoms with E-state index in [1.54, 1.807) is 15.8 Å². The molecule has 4 heterocycles. The molecule has 1 aliphatic rings. The number of anilines is 3. The summed E-state index contributed by atoms with van der Waals surface area (Å²) in [6, 6.07) is 5.77. The summed E-state index contributed by atoms with van der Waals surface area (Å²) in [7, 11) is 1.81. The molecule has 3 aromatic rings. The van der Waals surface area contributed by atoms with Crippen molar-refractivity contribution in [2.45, 2.75) is 25.8 Å². The zero-order chi connectivity index (χ0) is 19.8. The number of nitrogens with one attached hydrogen (secondary N) is 1. The summed E-state index contributed by atoms with van der Waals surface area (Å²) in [5, 5.41) is 9.39. The van der Waals surface area contributed by atoms with Gasteiger partial charge in [-0.2, -0.15) is 5.10 Å². The van der Waals surface area contributed by atoms with Crippen molar-refractivity contribution in [3.63, 3.8) is 0 Å². The molecule has 0 fully saturated rings. The molecule has 1 atom stereocenters. The van der Waals surface area contributed by atoms with Crippen molar-refractivity contribution in [3.05, 3.63) is 35.8 Å². The van der Waals surface area contributed by atoms with Crippen molar-refractivity contribution in [2.75, 3.05) is 24.6 Å². The molecule has 8 heteroatoms. The number of terminal acetylenes is 1. The Balaban J connectivity index is 1.64. The first-order valence-electron chi connectivity index (χ1n) is 9.04. The Bertz CT molecular complexity index is 1110. The van der Waals surface area contributed by atoms with E-state index in [9.17, 15) is 4.79 Å². The molecule has 3 aromatic heterocycles. The minimum Gasteiger partial charge on any atom is -0.383 e. The Kier molecular flexibility index (Phi) is 4.35. The standard InChI is InChI=1S/C20H21N7O/c1-4-12(2)16-7-13-8-17(22-10-15(13)20(21)23-16)24-18-9-14-5-6-26(3)19(28)11-27(14)25-18/h1,7-10,12H,5-6,11H2,2-3H3,(H2,21,23)(H,22,24,25)/t12-/m0/s1. The van der Waals surface area contributed by atoms with Crippen LogP contribution in [0.4, 0.5) is 17.5 Å². The number of nitrogen functional groups attached to an aromatic ring is 1. The van der Waals surface area contributed by atoms with Gasteiger partial charge in [0.05, 0.1) is 11.6 Å². The van der Waals surface area contributed by atoms with Crippen molar-refractivity contribution in [1.82, 2.24) is 24.6 Å². The third-order valence-electron chi connectivity index (χ3n) is 4.99. The number of aromatic nitrogens is 4. The number of nitrogens with two attached hydrogens (primary N) is 1. The van der Waals surface area contributed by atoms with Crippen LogP contribution in [-0.2, 0) is 17.8 Å². The molecule has 0 unspecified atom stereocenters. The zero-order valence-electron chi connectivity index (χ0n) is 15.8. The lowest BCUT2D eigenvalue weighted by Crippen LogP contribution is -2.29. The lowest BCUT2D eigenvalue weighted by molar-refractivity contribution is -0.130. The molecule has 0 spiro atoms. The van der Waals surface area contributed by atoms with Crippen LogP contribution < -0.4 is 11.1 Å². The van der Waals surface area contributed by atoms with Crippen LogP contribution in [0.15, 0.2) is 24.4 Å². The van der Waals surface area contributed by atoms with Gasteiger partial charge in [-0.25, -0.2) is 9.97 Å². The Morgan fingerprint density at radius 3 is 2.93 bits per heavy atom. The van der Waals surface area contributed by atoms with Crippen molar-refractivity contribution in [2.24, 2.45) is 0 Å². The maximum Gasteiger partial charge on any atom is 0.244 e. The van der Waals surface area contributed by atoms with Crippen LogP contribution in [0, 0.1) is 12.3 Å². The van der Waals surface area contributed by atoms with E-state index in [1.807, 2.05) is 32.2 Å². The first-order valence-corrected chi connectivity index (χ1v) is 9.04.